The van der Waals surface area contributed by atoms with Gasteiger partial charge in [-0.25, -0.2) is 0 Å². The van der Waals surface area contributed by atoms with E-state index in [0.717, 1.165) is 10.9 Å². The Morgan fingerprint density at radius 2 is 1.95 bits per heavy atom. The van der Waals surface area contributed by atoms with Gasteiger partial charge in [0.25, 0.3) is 0 Å². The number of benzene rings is 1. The number of ether oxygens (including phenoxy) is 1. The molecule has 104 valence electrons. The van der Waals surface area contributed by atoms with E-state index in [4.69, 9.17) is 4.74 Å². The third kappa shape index (κ3) is 8.86. The second-order valence-electron chi connectivity index (χ2n) is 4.64. The predicted molar refractivity (Wildman–Crippen MR) is 85.0 cm³/mol. The largest absolute Gasteiger partial charge is 0.364 e. The van der Waals surface area contributed by atoms with Crippen molar-refractivity contribution in [3.63, 3.8) is 0 Å². The minimum absolute atomic E-state index is 0.529. The van der Waals surface area contributed by atoms with Gasteiger partial charge in [-0.3, -0.25) is 0 Å². The summed E-state index contributed by atoms with van der Waals surface area (Å²) >= 11 is 3.45. The summed E-state index contributed by atoms with van der Waals surface area (Å²) in [5, 5.41) is 0. The molecule has 0 saturated heterocycles. The third-order valence-electron chi connectivity index (χ3n) is 2.86. The molecule has 0 spiro atoms. The van der Waals surface area contributed by atoms with Gasteiger partial charge in [-0.05, 0) is 24.1 Å². The molecule has 1 aromatic rings. The van der Waals surface area contributed by atoms with E-state index in [1.54, 1.807) is 0 Å². The molecule has 0 aliphatic heterocycles. The fourth-order valence-electron chi connectivity index (χ4n) is 1.80. The summed E-state index contributed by atoms with van der Waals surface area (Å²) in [4.78, 5) is 0. The van der Waals surface area contributed by atoms with Gasteiger partial charge in [-0.15, -0.1) is 5.92 Å². The first kappa shape index (κ1) is 16.3. The van der Waals surface area contributed by atoms with Crippen molar-refractivity contribution in [3.8, 4) is 11.8 Å². The van der Waals surface area contributed by atoms with Gasteiger partial charge in [0.15, 0.2) is 0 Å². The molecule has 1 nitrogen and oxygen atoms in total. The summed E-state index contributed by atoms with van der Waals surface area (Å²) < 4.78 is 6.61. The van der Waals surface area contributed by atoms with Crippen molar-refractivity contribution in [2.45, 2.75) is 52.1 Å². The molecule has 0 amide bonds. The topological polar surface area (TPSA) is 9.23 Å². The van der Waals surface area contributed by atoms with Crippen LogP contribution in [0.3, 0.4) is 0 Å². The van der Waals surface area contributed by atoms with E-state index in [1.165, 1.54) is 37.7 Å². The molecule has 0 N–H and O–H groups in total. The Morgan fingerprint density at radius 3 is 2.74 bits per heavy atom. The Labute approximate surface area is 125 Å². The highest BCUT2D eigenvalue weighted by Gasteiger charge is 1.92. The second kappa shape index (κ2) is 11.1. The summed E-state index contributed by atoms with van der Waals surface area (Å²) in [5.74, 6) is 6.25. The van der Waals surface area contributed by atoms with Crippen molar-refractivity contribution in [3.05, 3.63) is 34.3 Å². The van der Waals surface area contributed by atoms with Crippen LogP contribution in [0.1, 0.15) is 51.0 Å². The number of rotatable bonds is 8. The minimum Gasteiger partial charge on any atom is -0.364 e. The Kier molecular flexibility index (Phi) is 9.49. The van der Waals surface area contributed by atoms with Crippen LogP contribution in [-0.4, -0.2) is 6.61 Å². The van der Waals surface area contributed by atoms with E-state index in [0.29, 0.717) is 13.2 Å². The highest BCUT2D eigenvalue weighted by atomic mass is 79.9. The lowest BCUT2D eigenvalue weighted by molar-refractivity contribution is 0.153. The average Bonchev–Trinajstić information content (AvgIpc) is 2.41. The van der Waals surface area contributed by atoms with E-state index >= 15 is 0 Å². The fraction of sp³-hybridized carbons (Fsp3) is 0.529. The van der Waals surface area contributed by atoms with Crippen LogP contribution >= 0.6 is 15.9 Å². The molecule has 0 aliphatic carbocycles. The smallest absolute Gasteiger partial charge is 0.108 e. The van der Waals surface area contributed by atoms with Gasteiger partial charge in [-0.1, -0.05) is 66.6 Å². The molecule has 19 heavy (non-hydrogen) atoms. The van der Waals surface area contributed by atoms with Crippen LogP contribution in [0.15, 0.2) is 28.7 Å². The molecule has 0 unspecified atom stereocenters. The van der Waals surface area contributed by atoms with Crippen LogP contribution in [0.5, 0.6) is 0 Å². The van der Waals surface area contributed by atoms with E-state index in [1.807, 2.05) is 12.1 Å². The zero-order chi connectivity index (χ0) is 13.8. The Morgan fingerprint density at radius 1 is 1.11 bits per heavy atom. The second-order valence-corrected chi connectivity index (χ2v) is 5.56. The molecule has 1 rings (SSSR count). The zero-order valence-electron chi connectivity index (χ0n) is 11.8. The van der Waals surface area contributed by atoms with Gasteiger partial charge in [0.05, 0.1) is 6.61 Å². The number of hydrogen-bond acceptors (Lipinski definition) is 1. The summed E-state index contributed by atoms with van der Waals surface area (Å²) in [6.45, 7) is 3.40. The first-order chi connectivity index (χ1) is 9.33. The van der Waals surface area contributed by atoms with Gasteiger partial charge < -0.3 is 4.74 Å². The molecule has 0 heterocycles. The SMILES string of the molecule is CCCCCCCC#CCOCc1cccc(Br)c1. The van der Waals surface area contributed by atoms with Gasteiger partial charge in [-0.2, -0.15) is 0 Å². The highest BCUT2D eigenvalue weighted by Crippen LogP contribution is 2.12. The molecule has 0 fully saturated rings. The van der Waals surface area contributed by atoms with Crippen LogP contribution in [0.4, 0.5) is 0 Å². The van der Waals surface area contributed by atoms with E-state index < -0.39 is 0 Å². The van der Waals surface area contributed by atoms with Gasteiger partial charge in [0.2, 0.25) is 0 Å². The molecule has 0 aromatic heterocycles. The Balaban J connectivity index is 2.02. The van der Waals surface area contributed by atoms with Crippen molar-refractivity contribution < 1.29 is 4.74 Å². The first-order valence-corrected chi connectivity index (χ1v) is 7.90. The summed E-state index contributed by atoms with van der Waals surface area (Å²) in [7, 11) is 0. The molecule has 0 radical (unpaired) electrons. The number of halogens is 1. The first-order valence-electron chi connectivity index (χ1n) is 7.11. The van der Waals surface area contributed by atoms with Crippen molar-refractivity contribution in [1.82, 2.24) is 0 Å². The third-order valence-corrected chi connectivity index (χ3v) is 3.36. The quantitative estimate of drug-likeness (QED) is 0.464. The van der Waals surface area contributed by atoms with Crippen molar-refractivity contribution >= 4 is 15.9 Å². The highest BCUT2D eigenvalue weighted by molar-refractivity contribution is 9.10. The zero-order valence-corrected chi connectivity index (χ0v) is 13.3. The van der Waals surface area contributed by atoms with E-state index in [-0.39, 0.29) is 0 Å². The predicted octanol–water partition coefficient (Wildman–Crippen LogP) is 5.33. The van der Waals surface area contributed by atoms with Crippen molar-refractivity contribution in [2.24, 2.45) is 0 Å². The monoisotopic (exact) mass is 322 g/mol. The molecule has 0 aliphatic rings. The van der Waals surface area contributed by atoms with Crippen LogP contribution in [-0.2, 0) is 11.3 Å². The van der Waals surface area contributed by atoms with Crippen LogP contribution in [0, 0.1) is 11.8 Å². The molecular weight excluding hydrogens is 300 g/mol. The Bertz CT molecular complexity index is 403. The standard InChI is InChI=1S/C17H23BrO/c1-2-3-4-5-6-7-8-9-13-19-15-16-11-10-12-17(18)14-16/h10-12,14H,2-7,13,15H2,1H3. The van der Waals surface area contributed by atoms with Gasteiger partial charge in [0, 0.05) is 10.9 Å². The van der Waals surface area contributed by atoms with Crippen molar-refractivity contribution in [1.29, 1.82) is 0 Å². The summed E-state index contributed by atoms with van der Waals surface area (Å²) in [6.07, 6.45) is 7.53. The average molecular weight is 323 g/mol. The lowest BCUT2D eigenvalue weighted by atomic mass is 10.1. The van der Waals surface area contributed by atoms with E-state index in [9.17, 15) is 0 Å². The summed E-state index contributed by atoms with van der Waals surface area (Å²) in [5.41, 5.74) is 1.18. The molecule has 2 heteroatoms. The van der Waals surface area contributed by atoms with E-state index in [2.05, 4.69) is 46.8 Å². The van der Waals surface area contributed by atoms with Crippen LogP contribution in [0.2, 0.25) is 0 Å². The van der Waals surface area contributed by atoms with Crippen molar-refractivity contribution in [2.75, 3.05) is 6.61 Å². The number of unbranched alkanes of at least 4 members (excludes halogenated alkanes) is 5. The maximum atomic E-state index is 5.53. The lowest BCUT2D eigenvalue weighted by Crippen LogP contribution is -1.92. The molecule has 1 aromatic carbocycles. The molecular formula is C17H23BrO. The Hall–Kier alpha value is -0.780. The fourth-order valence-corrected chi connectivity index (χ4v) is 2.25. The number of hydrogen-bond donors (Lipinski definition) is 0. The van der Waals surface area contributed by atoms with Crippen LogP contribution in [0.25, 0.3) is 0 Å². The normalized spacial score (nSPS) is 10.0. The molecule has 0 bridgehead atoms. The maximum Gasteiger partial charge on any atom is 0.108 e. The van der Waals surface area contributed by atoms with Crippen LogP contribution < -0.4 is 0 Å². The molecule has 0 atom stereocenters. The van der Waals surface area contributed by atoms with Gasteiger partial charge >= 0.3 is 0 Å². The van der Waals surface area contributed by atoms with Gasteiger partial charge in [0.1, 0.15) is 6.61 Å². The summed E-state index contributed by atoms with van der Waals surface area (Å²) in [6, 6.07) is 8.17. The minimum atomic E-state index is 0.529. The maximum absolute atomic E-state index is 5.53. The molecule has 0 saturated carbocycles. The lowest BCUT2D eigenvalue weighted by Gasteiger charge is -2.00.